The summed E-state index contributed by atoms with van der Waals surface area (Å²) in [5.41, 5.74) is 1.84. The van der Waals surface area contributed by atoms with E-state index in [4.69, 9.17) is 16.3 Å². The van der Waals surface area contributed by atoms with Crippen molar-refractivity contribution < 1.29 is 22.7 Å². The fourth-order valence-corrected chi connectivity index (χ4v) is 7.12. The van der Waals surface area contributed by atoms with Crippen LogP contribution in [0, 0.1) is 5.92 Å². The third-order valence-corrected chi connectivity index (χ3v) is 10.3. The second-order valence-corrected chi connectivity index (χ2v) is 14.8. The Morgan fingerprint density at radius 1 is 0.896 bits per heavy atom. The lowest BCUT2D eigenvalue weighted by molar-refractivity contribution is -0.140. The lowest BCUT2D eigenvalue weighted by atomic mass is 10.0. The Morgan fingerprint density at radius 3 is 2.17 bits per heavy atom. The van der Waals surface area contributed by atoms with Gasteiger partial charge in [-0.1, -0.05) is 67.9 Å². The molecule has 4 rings (SSSR count). The highest BCUT2D eigenvalue weighted by Gasteiger charge is 2.34. The van der Waals surface area contributed by atoms with E-state index in [-0.39, 0.29) is 35.4 Å². The van der Waals surface area contributed by atoms with Crippen LogP contribution in [0.15, 0.2) is 113 Å². The predicted molar refractivity (Wildman–Crippen MR) is 194 cm³/mol. The first kappa shape index (κ1) is 36.8. The molecule has 0 saturated heterocycles. The number of hydrogen-bond acceptors (Lipinski definition) is 6. The van der Waals surface area contributed by atoms with Crippen LogP contribution in [0.3, 0.4) is 0 Å². The summed E-state index contributed by atoms with van der Waals surface area (Å²) in [4.78, 5) is 30.9. The summed E-state index contributed by atoms with van der Waals surface area (Å²) >= 11 is 7.83. The van der Waals surface area contributed by atoms with Crippen LogP contribution in [0.5, 0.6) is 5.75 Å². The first-order valence-electron chi connectivity index (χ1n) is 15.8. The van der Waals surface area contributed by atoms with Gasteiger partial charge in [-0.2, -0.15) is 0 Å². The fraction of sp³-hybridized carbons (Fsp3) is 0.297. The number of sulfonamides is 1. The number of benzene rings is 4. The molecule has 1 N–H and O–H groups in total. The Morgan fingerprint density at radius 2 is 1.56 bits per heavy atom. The normalized spacial score (nSPS) is 12.0. The number of nitrogens with one attached hydrogen (secondary N) is 1. The van der Waals surface area contributed by atoms with Crippen LogP contribution in [0.4, 0.5) is 5.69 Å². The second kappa shape index (κ2) is 17.4. The number of amides is 2. The maximum absolute atomic E-state index is 14.6. The standard InChI is InChI=1S/C37H42ClN3O5S2/c1-5-46-32-16-14-31(15-17-32)41(48(44,45)34-20-18-33(47-4)19-21-34)26-36(42)40(25-29-12-9-13-30(38)22-29)35(37(43)39-24-27(2)3)23-28-10-7-6-8-11-28/h6-22,27,35H,5,23-26H2,1-4H3,(H,39,43)/t35-/m1/s1. The minimum absolute atomic E-state index is 0.0333. The van der Waals surface area contributed by atoms with Crippen LogP contribution in [0.2, 0.25) is 5.02 Å². The van der Waals surface area contributed by atoms with Gasteiger partial charge in [0.1, 0.15) is 18.3 Å². The number of rotatable bonds is 16. The van der Waals surface area contributed by atoms with Crippen molar-refractivity contribution in [2.45, 2.75) is 49.6 Å². The summed E-state index contributed by atoms with van der Waals surface area (Å²) in [6.07, 6.45) is 2.13. The molecule has 0 unspecified atom stereocenters. The highest BCUT2D eigenvalue weighted by Crippen LogP contribution is 2.28. The number of carbonyl (C=O) groups is 2. The van der Waals surface area contributed by atoms with Crippen molar-refractivity contribution >= 4 is 50.9 Å². The highest BCUT2D eigenvalue weighted by molar-refractivity contribution is 7.98. The van der Waals surface area contributed by atoms with Crippen LogP contribution < -0.4 is 14.4 Å². The second-order valence-electron chi connectivity index (χ2n) is 11.6. The number of anilines is 1. The summed E-state index contributed by atoms with van der Waals surface area (Å²) in [6, 6.07) is 28.7. The molecule has 0 aliphatic carbocycles. The number of hydrogen-bond donors (Lipinski definition) is 1. The van der Waals surface area contributed by atoms with Crippen LogP contribution >= 0.6 is 23.4 Å². The minimum Gasteiger partial charge on any atom is -0.494 e. The molecule has 0 spiro atoms. The number of carbonyl (C=O) groups excluding carboxylic acids is 2. The van der Waals surface area contributed by atoms with Crippen molar-refractivity contribution in [2.24, 2.45) is 5.92 Å². The van der Waals surface area contributed by atoms with Crippen molar-refractivity contribution in [3.8, 4) is 5.75 Å². The molecular formula is C37H42ClN3O5S2. The topological polar surface area (TPSA) is 96.0 Å². The molecule has 0 aliphatic rings. The van der Waals surface area contributed by atoms with Gasteiger partial charge >= 0.3 is 0 Å². The van der Waals surface area contributed by atoms with E-state index in [0.29, 0.717) is 29.5 Å². The smallest absolute Gasteiger partial charge is 0.264 e. The number of thioether (sulfide) groups is 1. The third-order valence-electron chi connectivity index (χ3n) is 7.56. The summed E-state index contributed by atoms with van der Waals surface area (Å²) in [5, 5.41) is 3.48. The maximum atomic E-state index is 14.6. The zero-order valence-electron chi connectivity index (χ0n) is 27.6. The Labute approximate surface area is 293 Å². The minimum atomic E-state index is -4.22. The predicted octanol–water partition coefficient (Wildman–Crippen LogP) is 7.07. The van der Waals surface area contributed by atoms with E-state index in [1.165, 1.54) is 28.8 Å². The molecule has 0 aromatic heterocycles. The van der Waals surface area contributed by atoms with Crippen LogP contribution in [0.25, 0.3) is 0 Å². The summed E-state index contributed by atoms with van der Waals surface area (Å²) < 4.78 is 35.3. The van der Waals surface area contributed by atoms with Gasteiger partial charge in [0.25, 0.3) is 10.0 Å². The third kappa shape index (κ3) is 10.0. The highest BCUT2D eigenvalue weighted by atomic mass is 35.5. The van der Waals surface area contributed by atoms with E-state index >= 15 is 0 Å². The number of nitrogens with zero attached hydrogens (tertiary/aromatic N) is 2. The van der Waals surface area contributed by atoms with Gasteiger partial charge in [-0.3, -0.25) is 13.9 Å². The molecule has 0 bridgehead atoms. The molecule has 0 saturated carbocycles. The van der Waals surface area contributed by atoms with Crippen LogP contribution in [0.1, 0.15) is 31.9 Å². The SMILES string of the molecule is CCOc1ccc(N(CC(=O)N(Cc2cccc(Cl)c2)[C@H](Cc2ccccc2)C(=O)NCC(C)C)S(=O)(=O)c2ccc(SC)cc2)cc1. The van der Waals surface area contributed by atoms with Crippen molar-refractivity contribution in [1.29, 1.82) is 0 Å². The zero-order chi connectivity index (χ0) is 34.7. The lowest BCUT2D eigenvalue weighted by Crippen LogP contribution is -2.53. The van der Waals surface area contributed by atoms with Crippen LogP contribution in [-0.2, 0) is 32.6 Å². The van der Waals surface area contributed by atoms with Gasteiger partial charge in [0.05, 0.1) is 17.2 Å². The maximum Gasteiger partial charge on any atom is 0.264 e. The first-order chi connectivity index (χ1) is 23.0. The molecule has 0 heterocycles. The lowest BCUT2D eigenvalue weighted by Gasteiger charge is -2.34. The largest absolute Gasteiger partial charge is 0.494 e. The Hall–Kier alpha value is -3.99. The molecule has 2 amide bonds. The molecule has 4 aromatic rings. The average Bonchev–Trinajstić information content (AvgIpc) is 3.08. The van der Waals surface area contributed by atoms with Gasteiger partial charge in [0.2, 0.25) is 11.8 Å². The van der Waals surface area contributed by atoms with E-state index in [9.17, 15) is 18.0 Å². The fourth-order valence-electron chi connectivity index (χ4n) is 5.09. The van der Waals surface area contributed by atoms with Crippen LogP contribution in [-0.4, -0.2) is 57.1 Å². The first-order valence-corrected chi connectivity index (χ1v) is 18.8. The molecule has 254 valence electrons. The molecule has 11 heteroatoms. The zero-order valence-corrected chi connectivity index (χ0v) is 30.0. The van der Waals surface area contributed by atoms with E-state index in [0.717, 1.165) is 14.8 Å². The van der Waals surface area contributed by atoms with Gasteiger partial charge in [-0.25, -0.2) is 8.42 Å². The summed E-state index contributed by atoms with van der Waals surface area (Å²) in [5.74, 6) is -0.123. The number of halogens is 1. The molecule has 48 heavy (non-hydrogen) atoms. The van der Waals surface area contributed by atoms with Gasteiger partial charge < -0.3 is 15.0 Å². The summed E-state index contributed by atoms with van der Waals surface area (Å²) in [6.45, 7) is 6.19. The molecule has 1 atom stereocenters. The number of ether oxygens (including phenoxy) is 1. The molecule has 0 radical (unpaired) electrons. The van der Waals surface area contributed by atoms with Gasteiger partial charge in [-0.05, 0) is 90.9 Å². The van der Waals surface area contributed by atoms with Gasteiger partial charge in [0.15, 0.2) is 0 Å². The molecule has 0 aliphatic heterocycles. The quantitative estimate of drug-likeness (QED) is 0.125. The van der Waals surface area contributed by atoms with Crippen molar-refractivity contribution in [2.75, 3.05) is 30.3 Å². The van der Waals surface area contributed by atoms with Crippen molar-refractivity contribution in [1.82, 2.24) is 10.2 Å². The molecule has 0 fully saturated rings. The Kier molecular flexibility index (Phi) is 13.4. The molecular weight excluding hydrogens is 666 g/mol. The van der Waals surface area contributed by atoms with Gasteiger partial charge in [0, 0.05) is 29.4 Å². The summed E-state index contributed by atoms with van der Waals surface area (Å²) in [7, 11) is -4.22. The van der Waals surface area contributed by atoms with E-state index in [1.807, 2.05) is 63.4 Å². The molecule has 8 nitrogen and oxygen atoms in total. The van der Waals surface area contributed by atoms with E-state index in [1.54, 1.807) is 54.6 Å². The van der Waals surface area contributed by atoms with Crippen molar-refractivity contribution in [3.63, 3.8) is 0 Å². The Bertz CT molecular complexity index is 1750. The average molecular weight is 708 g/mol. The van der Waals surface area contributed by atoms with E-state index < -0.39 is 28.5 Å². The van der Waals surface area contributed by atoms with Gasteiger partial charge in [-0.15, -0.1) is 11.8 Å². The molecule has 4 aromatic carbocycles. The van der Waals surface area contributed by atoms with Crippen molar-refractivity contribution in [3.05, 3.63) is 119 Å². The monoisotopic (exact) mass is 707 g/mol. The Balaban J connectivity index is 1.80. The van der Waals surface area contributed by atoms with E-state index in [2.05, 4.69) is 5.32 Å².